The van der Waals surface area contributed by atoms with E-state index in [-0.39, 0.29) is 30.8 Å². The molecule has 26 heavy (non-hydrogen) atoms. The van der Waals surface area contributed by atoms with Crippen molar-refractivity contribution < 1.29 is 9.59 Å². The molecule has 0 saturated carbocycles. The second-order valence-corrected chi connectivity index (χ2v) is 6.23. The summed E-state index contributed by atoms with van der Waals surface area (Å²) in [5.74, 6) is 0.0235. The molecule has 2 amide bonds. The molecule has 2 N–H and O–H groups in total. The smallest absolute Gasteiger partial charge is 0.238 e. The summed E-state index contributed by atoms with van der Waals surface area (Å²) < 4.78 is 0. The van der Waals surface area contributed by atoms with E-state index in [4.69, 9.17) is 0 Å². The van der Waals surface area contributed by atoms with Gasteiger partial charge in [0.05, 0.1) is 13.0 Å². The van der Waals surface area contributed by atoms with Crippen molar-refractivity contribution >= 4 is 35.6 Å². The van der Waals surface area contributed by atoms with Gasteiger partial charge in [-0.15, -0.1) is 12.4 Å². The number of nitrogens with one attached hydrogen (secondary N) is 2. The first-order valence-electron chi connectivity index (χ1n) is 8.59. The number of para-hydroxylation sites is 1. The van der Waals surface area contributed by atoms with Gasteiger partial charge in [-0.2, -0.15) is 0 Å². The van der Waals surface area contributed by atoms with Gasteiger partial charge in [0.1, 0.15) is 0 Å². The number of fused-ring (bicyclic) bond motifs is 1. The summed E-state index contributed by atoms with van der Waals surface area (Å²) in [6.07, 6.45) is 2.39. The van der Waals surface area contributed by atoms with Gasteiger partial charge in [0, 0.05) is 17.9 Å². The van der Waals surface area contributed by atoms with Crippen LogP contribution >= 0.6 is 12.4 Å². The molecule has 2 aromatic rings. The summed E-state index contributed by atoms with van der Waals surface area (Å²) in [7, 11) is 1.73. The Labute approximate surface area is 160 Å². The summed E-state index contributed by atoms with van der Waals surface area (Å²) >= 11 is 0. The zero-order chi connectivity index (χ0) is 17.6. The Balaban J connectivity index is 0.00000243. The molecule has 0 spiro atoms. The van der Waals surface area contributed by atoms with E-state index in [1.807, 2.05) is 47.4 Å². The monoisotopic (exact) mass is 373 g/mol. The minimum atomic E-state index is -0.0868. The largest absolute Gasteiger partial charge is 0.325 e. The van der Waals surface area contributed by atoms with E-state index >= 15 is 0 Å². The van der Waals surface area contributed by atoms with Crippen molar-refractivity contribution in [3.8, 4) is 0 Å². The number of hydrogen-bond acceptors (Lipinski definition) is 3. The molecule has 0 aromatic heterocycles. The SMILES string of the molecule is CNCC(=O)Nc1ccc(CC(=O)N2CCCc3ccccc32)cc1.Cl. The van der Waals surface area contributed by atoms with Crippen molar-refractivity contribution in [3.63, 3.8) is 0 Å². The number of likely N-dealkylation sites (N-methyl/N-ethyl adjacent to an activating group) is 1. The second kappa shape index (κ2) is 9.36. The van der Waals surface area contributed by atoms with Crippen LogP contribution in [0.4, 0.5) is 11.4 Å². The van der Waals surface area contributed by atoms with E-state index in [9.17, 15) is 9.59 Å². The van der Waals surface area contributed by atoms with E-state index in [2.05, 4.69) is 16.7 Å². The lowest BCUT2D eigenvalue weighted by atomic mass is 10.0. The fraction of sp³-hybridized carbons (Fsp3) is 0.300. The fourth-order valence-electron chi connectivity index (χ4n) is 3.13. The molecule has 0 radical (unpaired) electrons. The van der Waals surface area contributed by atoms with Crippen LogP contribution in [0, 0.1) is 0 Å². The third kappa shape index (κ3) is 4.84. The first kappa shape index (κ1) is 19.9. The van der Waals surface area contributed by atoms with Crippen LogP contribution in [-0.2, 0) is 22.4 Å². The van der Waals surface area contributed by atoms with Gasteiger partial charge in [0.15, 0.2) is 0 Å². The van der Waals surface area contributed by atoms with Crippen molar-refractivity contribution in [2.24, 2.45) is 0 Å². The van der Waals surface area contributed by atoms with Crippen molar-refractivity contribution in [1.82, 2.24) is 5.32 Å². The lowest BCUT2D eigenvalue weighted by molar-refractivity contribution is -0.118. The predicted molar refractivity (Wildman–Crippen MR) is 107 cm³/mol. The van der Waals surface area contributed by atoms with Gasteiger partial charge in [0.2, 0.25) is 11.8 Å². The number of carbonyl (C=O) groups is 2. The van der Waals surface area contributed by atoms with Gasteiger partial charge in [-0.25, -0.2) is 0 Å². The Kier molecular flexibility index (Phi) is 7.18. The highest BCUT2D eigenvalue weighted by Gasteiger charge is 2.22. The molecule has 0 atom stereocenters. The summed E-state index contributed by atoms with van der Waals surface area (Å²) in [4.78, 5) is 26.2. The van der Waals surface area contributed by atoms with Gasteiger partial charge >= 0.3 is 0 Å². The molecular weight excluding hydrogens is 350 g/mol. The van der Waals surface area contributed by atoms with Crippen molar-refractivity contribution in [3.05, 3.63) is 59.7 Å². The standard InChI is InChI=1S/C20H23N3O2.ClH/c1-21-14-19(24)22-17-10-8-15(9-11-17)13-20(25)23-12-4-6-16-5-2-3-7-18(16)23;/h2-3,5,7-11,21H,4,6,12-14H2,1H3,(H,22,24);1H. The number of anilines is 2. The van der Waals surface area contributed by atoms with Crippen molar-refractivity contribution in [2.45, 2.75) is 19.3 Å². The molecule has 138 valence electrons. The van der Waals surface area contributed by atoms with Gasteiger partial charge in [-0.1, -0.05) is 30.3 Å². The van der Waals surface area contributed by atoms with Crippen molar-refractivity contribution in [2.75, 3.05) is 30.4 Å². The zero-order valence-electron chi connectivity index (χ0n) is 14.8. The maximum absolute atomic E-state index is 12.7. The second-order valence-electron chi connectivity index (χ2n) is 6.23. The number of amides is 2. The van der Waals surface area contributed by atoms with Gasteiger partial charge < -0.3 is 15.5 Å². The summed E-state index contributed by atoms with van der Waals surface area (Å²) in [6.45, 7) is 1.04. The summed E-state index contributed by atoms with van der Waals surface area (Å²) in [5, 5.41) is 5.61. The minimum absolute atomic E-state index is 0. The number of rotatable bonds is 5. The molecule has 1 aliphatic rings. The molecule has 1 aliphatic heterocycles. The first-order chi connectivity index (χ1) is 12.2. The van der Waals surface area contributed by atoms with Crippen LogP contribution < -0.4 is 15.5 Å². The molecule has 0 bridgehead atoms. The Hall–Kier alpha value is -2.37. The number of aryl methyl sites for hydroxylation is 1. The Morgan fingerprint density at radius 2 is 1.81 bits per heavy atom. The highest BCUT2D eigenvalue weighted by atomic mass is 35.5. The van der Waals surface area contributed by atoms with Crippen LogP contribution in [0.2, 0.25) is 0 Å². The number of nitrogens with zero attached hydrogens (tertiary/aromatic N) is 1. The quantitative estimate of drug-likeness (QED) is 0.847. The Morgan fingerprint density at radius 3 is 2.54 bits per heavy atom. The Bertz CT molecular complexity index is 762. The third-order valence-electron chi connectivity index (χ3n) is 4.34. The Morgan fingerprint density at radius 1 is 1.08 bits per heavy atom. The average Bonchev–Trinajstić information content (AvgIpc) is 2.63. The lowest BCUT2D eigenvalue weighted by Crippen LogP contribution is -2.36. The van der Waals surface area contributed by atoms with Crippen LogP contribution in [0.1, 0.15) is 17.5 Å². The minimum Gasteiger partial charge on any atom is -0.325 e. The highest BCUT2D eigenvalue weighted by Crippen LogP contribution is 2.27. The molecule has 1 heterocycles. The van der Waals surface area contributed by atoms with Crippen molar-refractivity contribution in [1.29, 1.82) is 0 Å². The third-order valence-corrected chi connectivity index (χ3v) is 4.34. The van der Waals surface area contributed by atoms with E-state index in [0.717, 1.165) is 36.3 Å². The van der Waals surface area contributed by atoms with E-state index in [1.54, 1.807) is 7.05 Å². The molecule has 6 heteroatoms. The van der Waals surface area contributed by atoms with E-state index in [1.165, 1.54) is 5.56 Å². The summed E-state index contributed by atoms with van der Waals surface area (Å²) in [5.41, 5.74) is 3.96. The number of halogens is 1. The first-order valence-corrected chi connectivity index (χ1v) is 8.59. The van der Waals surface area contributed by atoms with Crippen LogP contribution in [0.5, 0.6) is 0 Å². The molecule has 0 aliphatic carbocycles. The van der Waals surface area contributed by atoms with Crippen LogP contribution in [0.25, 0.3) is 0 Å². The number of carbonyl (C=O) groups excluding carboxylic acids is 2. The van der Waals surface area contributed by atoms with Crippen LogP contribution in [0.15, 0.2) is 48.5 Å². The molecule has 0 unspecified atom stereocenters. The maximum atomic E-state index is 12.7. The highest BCUT2D eigenvalue weighted by molar-refractivity contribution is 5.96. The average molecular weight is 374 g/mol. The number of hydrogen-bond donors (Lipinski definition) is 2. The zero-order valence-corrected chi connectivity index (χ0v) is 15.6. The normalized spacial score (nSPS) is 12.7. The molecule has 0 saturated heterocycles. The topological polar surface area (TPSA) is 61.4 Å². The van der Waals surface area contributed by atoms with Gasteiger partial charge in [-0.3, -0.25) is 9.59 Å². The molecular formula is C20H24ClN3O2. The molecule has 2 aromatic carbocycles. The van der Waals surface area contributed by atoms with Gasteiger partial charge in [-0.05, 0) is 49.2 Å². The van der Waals surface area contributed by atoms with Gasteiger partial charge in [0.25, 0.3) is 0 Å². The number of benzene rings is 2. The lowest BCUT2D eigenvalue weighted by Gasteiger charge is -2.29. The molecule has 3 rings (SSSR count). The van der Waals surface area contributed by atoms with Crippen LogP contribution in [-0.4, -0.2) is 32.0 Å². The maximum Gasteiger partial charge on any atom is 0.238 e. The van der Waals surface area contributed by atoms with Crippen LogP contribution in [0.3, 0.4) is 0 Å². The summed E-state index contributed by atoms with van der Waals surface area (Å²) in [6, 6.07) is 15.6. The predicted octanol–water partition coefficient (Wildman–Crippen LogP) is 2.79. The molecule has 5 nitrogen and oxygen atoms in total. The fourth-order valence-corrected chi connectivity index (χ4v) is 3.13. The molecule has 0 fully saturated rings. The van der Waals surface area contributed by atoms with E-state index < -0.39 is 0 Å². The van der Waals surface area contributed by atoms with E-state index in [0.29, 0.717) is 6.42 Å².